The molecule has 30 nitrogen and oxygen atoms in total. The summed E-state index contributed by atoms with van der Waals surface area (Å²) < 4.78 is 0. The SMILES string of the molecule is CC(=O)N[C@H](Cc1ccc2ccccc2c1)C(=O)N[C@H](Cc1ccc(Cl)cc1)C(=O)N[C@H](Cc1cccnc1)C(=O)N[C@@H](CO)C(=O)N[C@@H](C[Si](C)(C)C)C(=O)N[C@H](CCCNC(N)=O)C(=O)N[C@@H](CC(C)C)C(=O)N[C@@H](CCCN=C(N)N)C(=O)N1CCC[C@H]1C(=O)N[C@H](C)C(N)=O. The lowest BCUT2D eigenvalue weighted by molar-refractivity contribution is -0.142. The molecule has 1 saturated heterocycles. The maximum Gasteiger partial charge on any atom is 0.312 e. The van der Waals surface area contributed by atoms with E-state index >= 15 is 0 Å². The van der Waals surface area contributed by atoms with Crippen LogP contribution in [0.15, 0.2) is 96.2 Å². The molecule has 10 atom stereocenters. The van der Waals surface area contributed by atoms with Crippen LogP contribution in [-0.4, -0.2) is 187 Å². The predicted octanol–water partition coefficient (Wildman–Crippen LogP) is -0.326. The minimum absolute atomic E-state index is 0.0136. The summed E-state index contributed by atoms with van der Waals surface area (Å²) in [5.74, 6) is -9.15. The zero-order valence-electron chi connectivity index (χ0n) is 57.0. The average Bonchev–Trinajstić information content (AvgIpc) is 1.82. The minimum Gasteiger partial charge on any atom is -0.394 e. The van der Waals surface area contributed by atoms with Gasteiger partial charge in [-0.1, -0.05) is 106 Å². The highest BCUT2D eigenvalue weighted by atomic mass is 35.5. The quantitative estimate of drug-likeness (QED) is 0.0118. The van der Waals surface area contributed by atoms with Crippen molar-refractivity contribution in [2.75, 3.05) is 26.2 Å². The molecule has 3 aromatic carbocycles. The van der Waals surface area contributed by atoms with Crippen LogP contribution in [0.3, 0.4) is 0 Å². The molecule has 0 bridgehead atoms. The number of aliphatic imine (C=N–C) groups is 1. The fourth-order valence-electron chi connectivity index (χ4n) is 11.1. The molecule has 1 aromatic heterocycles. The Balaban J connectivity index is 1.39. The molecular weight excluding hydrogens is 1310 g/mol. The van der Waals surface area contributed by atoms with Gasteiger partial charge in [-0.3, -0.25) is 62.7 Å². The van der Waals surface area contributed by atoms with Crippen LogP contribution in [0.2, 0.25) is 30.7 Å². The zero-order valence-corrected chi connectivity index (χ0v) is 58.7. The molecule has 0 unspecified atom stereocenters. The van der Waals surface area contributed by atoms with Gasteiger partial charge in [-0.05, 0) is 109 Å². The number of hydrogen-bond acceptors (Lipinski definition) is 15. The number of fused-ring (bicyclic) bond motifs is 1. The highest BCUT2D eigenvalue weighted by Crippen LogP contribution is 2.22. The predicted molar refractivity (Wildman–Crippen MR) is 375 cm³/mol. The van der Waals surface area contributed by atoms with Crippen molar-refractivity contribution < 1.29 is 62.6 Å². The number of halogens is 1. The number of aromatic nitrogens is 1. The summed E-state index contributed by atoms with van der Waals surface area (Å²) >= 11 is 6.22. The Morgan fingerprint density at radius 3 is 1.72 bits per heavy atom. The highest BCUT2D eigenvalue weighted by Gasteiger charge is 2.41. The van der Waals surface area contributed by atoms with Gasteiger partial charge in [-0.15, -0.1) is 0 Å². The number of nitrogens with two attached hydrogens (primary N) is 4. The van der Waals surface area contributed by atoms with Crippen molar-refractivity contribution in [1.29, 1.82) is 0 Å². The van der Waals surface area contributed by atoms with E-state index in [2.05, 4.69) is 63.1 Å². The molecule has 1 aliphatic heterocycles. The third kappa shape index (κ3) is 27.2. The monoisotopic (exact) mass is 1410 g/mol. The lowest BCUT2D eigenvalue weighted by atomic mass is 9.99. The number of carbonyl (C=O) groups excluding carboxylic acids is 12. The van der Waals surface area contributed by atoms with E-state index in [9.17, 15) is 62.6 Å². The number of aliphatic hydroxyl groups is 1. The van der Waals surface area contributed by atoms with E-state index < -0.39 is 146 Å². The number of guanidine groups is 1. The lowest BCUT2D eigenvalue weighted by Crippen LogP contribution is -2.62. The normalized spacial score (nSPS) is 15.5. The number of rotatable bonds is 38. The van der Waals surface area contributed by atoms with Crippen LogP contribution in [0.4, 0.5) is 4.79 Å². The largest absolute Gasteiger partial charge is 0.394 e. The van der Waals surface area contributed by atoms with E-state index in [1.807, 2.05) is 62.1 Å². The molecule has 0 aliphatic carbocycles. The number of benzene rings is 3. The fourth-order valence-corrected chi connectivity index (χ4v) is 12.8. The molecule has 1 aliphatic rings. The Bertz CT molecular complexity index is 3510. The number of carbonyl (C=O) groups is 12. The van der Waals surface area contributed by atoms with Crippen molar-refractivity contribution >= 4 is 107 Å². The Labute approximate surface area is 581 Å². The van der Waals surface area contributed by atoms with Gasteiger partial charge in [0.25, 0.3) is 0 Å². The second-order valence-corrected chi connectivity index (χ2v) is 32.2. The second-order valence-electron chi connectivity index (χ2n) is 26.2. The van der Waals surface area contributed by atoms with E-state index in [0.29, 0.717) is 28.1 Å². The Hall–Kier alpha value is -9.75. The van der Waals surface area contributed by atoms with Gasteiger partial charge in [-0.2, -0.15) is 0 Å². The average molecular weight is 1410 g/mol. The van der Waals surface area contributed by atoms with E-state index in [1.54, 1.807) is 50.2 Å². The number of hydrogen-bond donors (Lipinski definition) is 15. The first-order valence-electron chi connectivity index (χ1n) is 32.9. The van der Waals surface area contributed by atoms with Crippen molar-refractivity contribution in [3.8, 4) is 0 Å². The maximum atomic E-state index is 14.8. The van der Waals surface area contributed by atoms with Crippen LogP contribution in [-0.2, 0) is 72.0 Å². The third-order valence-corrected chi connectivity index (χ3v) is 18.0. The lowest BCUT2D eigenvalue weighted by Gasteiger charge is -2.31. The van der Waals surface area contributed by atoms with Crippen LogP contribution in [0, 0.1) is 5.92 Å². The van der Waals surface area contributed by atoms with E-state index in [1.165, 1.54) is 31.1 Å². The van der Waals surface area contributed by atoms with Crippen molar-refractivity contribution in [3.63, 3.8) is 0 Å². The molecule has 0 radical (unpaired) electrons. The van der Waals surface area contributed by atoms with Crippen molar-refractivity contribution in [1.82, 2.24) is 63.1 Å². The maximum absolute atomic E-state index is 14.8. The van der Waals surface area contributed by atoms with Gasteiger partial charge in [0.1, 0.15) is 60.4 Å². The number of nitrogens with one attached hydrogen (secondary N) is 10. The molecule has 1 fully saturated rings. The smallest absolute Gasteiger partial charge is 0.312 e. The molecule has 99 heavy (non-hydrogen) atoms. The van der Waals surface area contributed by atoms with Crippen molar-refractivity contribution in [3.05, 3.63) is 113 Å². The molecule has 19 N–H and O–H groups in total. The van der Waals surface area contributed by atoms with E-state index in [0.717, 1.165) is 10.8 Å². The molecule has 4 aromatic rings. The molecule has 538 valence electrons. The molecule has 5 rings (SSSR count). The van der Waals surface area contributed by atoms with Crippen LogP contribution in [0.25, 0.3) is 10.8 Å². The van der Waals surface area contributed by atoms with Gasteiger partial charge < -0.3 is 86.1 Å². The van der Waals surface area contributed by atoms with Gasteiger partial charge in [0.15, 0.2) is 5.96 Å². The molecular formula is C67H96ClN17O13Si. The Morgan fingerprint density at radius 2 is 1.13 bits per heavy atom. The van der Waals surface area contributed by atoms with Gasteiger partial charge in [-0.25, -0.2) is 4.79 Å². The third-order valence-electron chi connectivity index (χ3n) is 16.1. The number of likely N-dealkylation sites (tertiary alicyclic amines) is 1. The van der Waals surface area contributed by atoms with Gasteiger partial charge in [0.2, 0.25) is 65.0 Å². The number of urea groups is 1. The van der Waals surface area contributed by atoms with Gasteiger partial charge in [0, 0.05) is 71.3 Å². The summed E-state index contributed by atoms with van der Waals surface area (Å²) in [4.78, 5) is 176. The second kappa shape index (κ2) is 39.0. The summed E-state index contributed by atoms with van der Waals surface area (Å²) in [6.07, 6.45) is 3.39. The van der Waals surface area contributed by atoms with E-state index in [-0.39, 0.29) is 95.3 Å². The first kappa shape index (κ1) is 79.9. The number of primary amides is 2. The molecule has 0 spiro atoms. The van der Waals surface area contributed by atoms with Gasteiger partial charge >= 0.3 is 6.03 Å². The fraction of sp³-hybridized carbons (Fsp3) is 0.493. The van der Waals surface area contributed by atoms with Gasteiger partial charge in [0.05, 0.1) is 6.61 Å². The number of amides is 13. The first-order valence-corrected chi connectivity index (χ1v) is 37.0. The number of pyridine rings is 1. The molecule has 2 heterocycles. The summed E-state index contributed by atoms with van der Waals surface area (Å²) in [7, 11) is -2.41. The first-order chi connectivity index (χ1) is 46.8. The zero-order chi connectivity index (χ0) is 73.1. The summed E-state index contributed by atoms with van der Waals surface area (Å²) in [6.45, 7) is 11.1. The standard InChI is InChI=1S/C67H96ClN17O13Si/c1-38(2)30-49(58(90)79-48(18-12-27-74-66(70)71)65(97)85-29-13-19-55(85)64(96)76-39(3)56(69)88)80-57(89)47(17-11-28-75-67(72)98)78-63(95)54(37-99(5,6)7)84-62(94)53(36-86)83-61(93)52(34-43-14-10-26-73-35-43)82-60(92)51(32-41-21-24-46(68)25-22-41)81-59(91)50(77-40(4)87)33-42-20-23-44-15-8-9-16-45(44)31-42/h8-10,14-16,20-26,31,35,38-39,47-55,86H,11-13,17-19,27-30,32-34,36-37H2,1-7H3,(H2,69,88)(H,76,96)(H,77,87)(H,78,95)(H,79,90)(H,80,89)(H,81,91)(H,82,92)(H,83,93)(H,84,94)(H4,70,71,74)(H3,72,75,98)/t39-,47-,48+,49+,50-,51-,52-,53+,54+,55+/m1/s1. The molecule has 13 amide bonds. The van der Waals surface area contributed by atoms with Crippen LogP contribution < -0.4 is 76.1 Å². The number of aliphatic hydroxyl groups excluding tert-OH is 1. The molecule has 0 saturated carbocycles. The van der Waals surface area contributed by atoms with Crippen LogP contribution >= 0.6 is 11.6 Å². The minimum atomic E-state index is -2.41. The summed E-state index contributed by atoms with van der Waals surface area (Å²) in [5.41, 5.74) is 23.6. The number of nitrogens with zero attached hydrogens (tertiary/aromatic N) is 3. The summed E-state index contributed by atoms with van der Waals surface area (Å²) in [5, 5.41) is 39.6. The topological polar surface area (TPSA) is 478 Å². The van der Waals surface area contributed by atoms with Crippen molar-refractivity contribution in [2.24, 2.45) is 33.8 Å². The van der Waals surface area contributed by atoms with E-state index in [4.69, 9.17) is 34.5 Å². The Morgan fingerprint density at radius 1 is 0.606 bits per heavy atom. The van der Waals surface area contributed by atoms with Crippen LogP contribution in [0.1, 0.15) is 89.3 Å². The molecule has 32 heteroatoms. The van der Waals surface area contributed by atoms with Crippen LogP contribution in [0.5, 0.6) is 0 Å². The summed E-state index contributed by atoms with van der Waals surface area (Å²) in [6, 6.07) is 8.76. The highest BCUT2D eigenvalue weighted by molar-refractivity contribution is 6.76. The Kier molecular flexibility index (Phi) is 31.5. The van der Waals surface area contributed by atoms with Crippen molar-refractivity contribution in [2.45, 2.75) is 178 Å².